The van der Waals surface area contributed by atoms with Crippen LogP contribution in [0.3, 0.4) is 0 Å². The van der Waals surface area contributed by atoms with Gasteiger partial charge in [0.25, 0.3) is 0 Å². The lowest BCUT2D eigenvalue weighted by molar-refractivity contribution is 0.220. The van der Waals surface area contributed by atoms with E-state index in [4.69, 9.17) is 0 Å². The Hall–Kier alpha value is -0.890. The average Bonchev–Trinajstić information content (AvgIpc) is 2.36. The molecule has 19 heavy (non-hydrogen) atoms. The summed E-state index contributed by atoms with van der Waals surface area (Å²) >= 11 is 0. The van der Waals surface area contributed by atoms with Crippen LogP contribution in [0.15, 0.2) is 24.3 Å². The molecule has 108 valence electrons. The zero-order chi connectivity index (χ0) is 14.5. The van der Waals surface area contributed by atoms with E-state index in [0.29, 0.717) is 0 Å². The summed E-state index contributed by atoms with van der Waals surface area (Å²) in [6.45, 7) is 12.1. The molecule has 0 aliphatic rings. The summed E-state index contributed by atoms with van der Waals surface area (Å²) in [5.41, 5.74) is 1.62. The third-order valence-corrected chi connectivity index (χ3v) is 3.99. The smallest absolute Gasteiger partial charge is 0.123 e. The third kappa shape index (κ3) is 5.32. The number of hydrogen-bond donors (Lipinski definition) is 1. The zero-order valence-electron chi connectivity index (χ0n) is 13.0. The lowest BCUT2D eigenvalue weighted by atomic mass is 9.76. The van der Waals surface area contributed by atoms with Crippen molar-refractivity contribution in [3.63, 3.8) is 0 Å². The maximum Gasteiger partial charge on any atom is 0.123 e. The van der Waals surface area contributed by atoms with Crippen LogP contribution in [-0.4, -0.2) is 12.1 Å². The fourth-order valence-electron chi connectivity index (χ4n) is 2.30. The van der Waals surface area contributed by atoms with Crippen LogP contribution >= 0.6 is 0 Å². The van der Waals surface area contributed by atoms with Crippen LogP contribution in [0.25, 0.3) is 0 Å². The summed E-state index contributed by atoms with van der Waals surface area (Å²) < 4.78 is 13.0. The van der Waals surface area contributed by atoms with Gasteiger partial charge in [0.1, 0.15) is 5.82 Å². The van der Waals surface area contributed by atoms with E-state index >= 15 is 0 Å². The van der Waals surface area contributed by atoms with Gasteiger partial charge in [0.2, 0.25) is 0 Å². The van der Waals surface area contributed by atoms with Crippen LogP contribution in [0, 0.1) is 11.2 Å². The Morgan fingerprint density at radius 3 is 1.95 bits per heavy atom. The fraction of sp³-hybridized carbons (Fsp3) is 0.647. The predicted molar refractivity (Wildman–Crippen MR) is 80.9 cm³/mol. The van der Waals surface area contributed by atoms with Gasteiger partial charge in [-0.05, 0) is 63.1 Å². The van der Waals surface area contributed by atoms with E-state index < -0.39 is 0 Å². The third-order valence-electron chi connectivity index (χ3n) is 3.99. The van der Waals surface area contributed by atoms with E-state index in [-0.39, 0.29) is 16.8 Å². The molecule has 0 radical (unpaired) electrons. The lowest BCUT2D eigenvalue weighted by Crippen LogP contribution is -2.44. The van der Waals surface area contributed by atoms with Gasteiger partial charge in [-0.15, -0.1) is 0 Å². The summed E-state index contributed by atoms with van der Waals surface area (Å²) in [7, 11) is 0. The SMILES string of the molecule is CCC(CC)(CNC(C)(C)C)Cc1ccc(F)cc1. The maximum atomic E-state index is 13.0. The van der Waals surface area contributed by atoms with Crippen LogP contribution in [-0.2, 0) is 6.42 Å². The minimum absolute atomic E-state index is 0.137. The molecule has 2 heteroatoms. The Labute approximate surface area is 117 Å². The number of hydrogen-bond acceptors (Lipinski definition) is 1. The van der Waals surface area contributed by atoms with Gasteiger partial charge in [0.05, 0.1) is 0 Å². The number of benzene rings is 1. The zero-order valence-corrected chi connectivity index (χ0v) is 13.0. The average molecular weight is 265 g/mol. The number of rotatable bonds is 6. The lowest BCUT2D eigenvalue weighted by Gasteiger charge is -2.35. The van der Waals surface area contributed by atoms with Crippen molar-refractivity contribution < 1.29 is 4.39 Å². The second-order valence-corrected chi connectivity index (χ2v) is 6.61. The molecule has 0 bridgehead atoms. The van der Waals surface area contributed by atoms with Crippen molar-refractivity contribution in [3.05, 3.63) is 35.6 Å². The first kappa shape index (κ1) is 16.2. The van der Waals surface area contributed by atoms with Gasteiger partial charge < -0.3 is 5.32 Å². The molecule has 0 heterocycles. The first-order valence-corrected chi connectivity index (χ1v) is 7.30. The molecule has 0 aromatic heterocycles. The summed E-state index contributed by atoms with van der Waals surface area (Å²) in [6.07, 6.45) is 3.26. The van der Waals surface area contributed by atoms with Crippen molar-refractivity contribution in [1.82, 2.24) is 5.32 Å². The standard InChI is InChI=1S/C17H28FN/c1-6-17(7-2,13-19-16(3,4)5)12-14-8-10-15(18)11-9-14/h8-11,19H,6-7,12-13H2,1-5H3. The van der Waals surface area contributed by atoms with E-state index in [2.05, 4.69) is 39.9 Å². The molecule has 0 spiro atoms. The van der Waals surface area contributed by atoms with Crippen molar-refractivity contribution in [1.29, 1.82) is 0 Å². The van der Waals surface area contributed by atoms with E-state index in [1.807, 2.05) is 12.1 Å². The molecule has 1 N–H and O–H groups in total. The van der Waals surface area contributed by atoms with Crippen molar-refractivity contribution >= 4 is 0 Å². The summed E-state index contributed by atoms with van der Waals surface area (Å²) in [6, 6.07) is 6.93. The van der Waals surface area contributed by atoms with Crippen LogP contribution in [0.1, 0.15) is 53.0 Å². The molecule has 0 aliphatic heterocycles. The molecule has 0 aliphatic carbocycles. The molecule has 1 nitrogen and oxygen atoms in total. The number of halogens is 1. The van der Waals surface area contributed by atoms with Crippen LogP contribution in [0.2, 0.25) is 0 Å². The highest BCUT2D eigenvalue weighted by Crippen LogP contribution is 2.31. The van der Waals surface area contributed by atoms with Gasteiger partial charge in [-0.3, -0.25) is 0 Å². The second-order valence-electron chi connectivity index (χ2n) is 6.61. The molecular weight excluding hydrogens is 237 g/mol. The molecule has 0 atom stereocenters. The second kappa shape index (κ2) is 6.51. The molecule has 1 aromatic carbocycles. The molecule has 1 rings (SSSR count). The number of nitrogens with one attached hydrogen (secondary N) is 1. The van der Waals surface area contributed by atoms with Crippen LogP contribution in [0.4, 0.5) is 4.39 Å². The highest BCUT2D eigenvalue weighted by molar-refractivity contribution is 5.18. The van der Waals surface area contributed by atoms with E-state index in [1.165, 1.54) is 5.56 Å². The highest BCUT2D eigenvalue weighted by Gasteiger charge is 2.28. The van der Waals surface area contributed by atoms with Gasteiger partial charge >= 0.3 is 0 Å². The molecule has 0 fully saturated rings. The largest absolute Gasteiger partial charge is 0.312 e. The van der Waals surface area contributed by atoms with Crippen molar-refractivity contribution in [2.24, 2.45) is 5.41 Å². The van der Waals surface area contributed by atoms with Crippen LogP contribution in [0.5, 0.6) is 0 Å². The molecule has 0 saturated heterocycles. The Morgan fingerprint density at radius 2 is 1.53 bits per heavy atom. The quantitative estimate of drug-likeness (QED) is 0.795. The van der Waals surface area contributed by atoms with E-state index in [9.17, 15) is 4.39 Å². The molecular formula is C17H28FN. The first-order valence-electron chi connectivity index (χ1n) is 7.30. The Balaban J connectivity index is 2.78. The summed E-state index contributed by atoms with van der Waals surface area (Å²) in [5, 5.41) is 3.62. The van der Waals surface area contributed by atoms with Crippen molar-refractivity contribution in [2.45, 2.75) is 59.4 Å². The fourth-order valence-corrected chi connectivity index (χ4v) is 2.30. The van der Waals surface area contributed by atoms with Gasteiger partial charge in [-0.1, -0.05) is 26.0 Å². The maximum absolute atomic E-state index is 13.0. The topological polar surface area (TPSA) is 12.0 Å². The molecule has 0 saturated carbocycles. The van der Waals surface area contributed by atoms with Gasteiger partial charge in [-0.25, -0.2) is 4.39 Å². The minimum atomic E-state index is -0.157. The van der Waals surface area contributed by atoms with Gasteiger partial charge in [0, 0.05) is 12.1 Å². The predicted octanol–water partition coefficient (Wildman–Crippen LogP) is 4.56. The summed E-state index contributed by atoms with van der Waals surface area (Å²) in [5.74, 6) is -0.157. The molecule has 1 aromatic rings. The van der Waals surface area contributed by atoms with Gasteiger partial charge in [-0.2, -0.15) is 0 Å². The Bertz CT molecular complexity index is 371. The highest BCUT2D eigenvalue weighted by atomic mass is 19.1. The van der Waals surface area contributed by atoms with Gasteiger partial charge in [0.15, 0.2) is 0 Å². The summed E-state index contributed by atoms with van der Waals surface area (Å²) in [4.78, 5) is 0. The van der Waals surface area contributed by atoms with Crippen molar-refractivity contribution in [3.8, 4) is 0 Å². The Morgan fingerprint density at radius 1 is 1.00 bits per heavy atom. The van der Waals surface area contributed by atoms with E-state index in [0.717, 1.165) is 25.8 Å². The normalized spacial score (nSPS) is 12.7. The van der Waals surface area contributed by atoms with E-state index in [1.54, 1.807) is 12.1 Å². The Kier molecular flexibility index (Phi) is 5.54. The minimum Gasteiger partial charge on any atom is -0.312 e. The first-order chi connectivity index (χ1) is 8.80. The molecule has 0 amide bonds. The monoisotopic (exact) mass is 265 g/mol. The van der Waals surface area contributed by atoms with Crippen LogP contribution < -0.4 is 5.32 Å². The molecule has 0 unspecified atom stereocenters. The van der Waals surface area contributed by atoms with Crippen molar-refractivity contribution in [2.75, 3.05) is 6.54 Å².